The van der Waals surface area contributed by atoms with E-state index in [4.69, 9.17) is 10.2 Å². The van der Waals surface area contributed by atoms with Gasteiger partial charge in [0.1, 0.15) is 5.75 Å². The maximum absolute atomic E-state index is 9.45. The first kappa shape index (κ1) is 10.0. The van der Waals surface area contributed by atoms with Gasteiger partial charge in [-0.2, -0.15) is 0 Å². The van der Waals surface area contributed by atoms with E-state index in [-0.39, 0.29) is 24.9 Å². The molecule has 1 atom stereocenters. The number of hydrogen-bond donors (Lipinski definition) is 3. The molecular formula is C10H14O3. The van der Waals surface area contributed by atoms with E-state index in [1.54, 1.807) is 24.3 Å². The Morgan fingerprint density at radius 2 is 1.85 bits per heavy atom. The molecule has 0 aromatic heterocycles. The van der Waals surface area contributed by atoms with Crippen molar-refractivity contribution in [2.45, 2.75) is 12.3 Å². The van der Waals surface area contributed by atoms with Crippen LogP contribution in [0.1, 0.15) is 17.9 Å². The lowest BCUT2D eigenvalue weighted by Gasteiger charge is -2.14. The van der Waals surface area contributed by atoms with Gasteiger partial charge in [0.15, 0.2) is 0 Å². The highest BCUT2D eigenvalue weighted by Gasteiger charge is 2.12. The Morgan fingerprint density at radius 1 is 1.15 bits per heavy atom. The molecule has 0 aliphatic rings. The summed E-state index contributed by atoms with van der Waals surface area (Å²) in [4.78, 5) is 0. The van der Waals surface area contributed by atoms with Gasteiger partial charge in [-0.25, -0.2) is 0 Å². The van der Waals surface area contributed by atoms with E-state index in [1.165, 1.54) is 0 Å². The highest BCUT2D eigenvalue weighted by atomic mass is 16.3. The van der Waals surface area contributed by atoms with Gasteiger partial charge in [-0.15, -0.1) is 0 Å². The molecule has 1 unspecified atom stereocenters. The molecule has 0 aliphatic carbocycles. The number of hydrogen-bond acceptors (Lipinski definition) is 3. The Labute approximate surface area is 77.3 Å². The number of rotatable bonds is 4. The molecule has 0 heterocycles. The summed E-state index contributed by atoms with van der Waals surface area (Å²) in [6.45, 7) is -0.0440. The Balaban J connectivity index is 2.84. The lowest BCUT2D eigenvalue weighted by Crippen LogP contribution is -2.06. The van der Waals surface area contributed by atoms with Gasteiger partial charge in [-0.3, -0.25) is 0 Å². The molecule has 1 rings (SSSR count). The predicted molar refractivity (Wildman–Crippen MR) is 49.6 cm³/mol. The Bertz CT molecular complexity index is 260. The molecular weight excluding hydrogens is 168 g/mol. The molecule has 3 nitrogen and oxygen atoms in total. The molecule has 3 heteroatoms. The van der Waals surface area contributed by atoms with Gasteiger partial charge in [0, 0.05) is 12.5 Å². The average molecular weight is 182 g/mol. The summed E-state index contributed by atoms with van der Waals surface area (Å²) in [6, 6.07) is 6.86. The van der Waals surface area contributed by atoms with Crippen molar-refractivity contribution in [2.24, 2.45) is 0 Å². The summed E-state index contributed by atoms with van der Waals surface area (Å²) in [6.07, 6.45) is 0.466. The molecule has 0 bridgehead atoms. The van der Waals surface area contributed by atoms with Gasteiger partial charge in [0.25, 0.3) is 0 Å². The monoisotopic (exact) mass is 182 g/mol. The van der Waals surface area contributed by atoms with Crippen LogP contribution in [0.4, 0.5) is 0 Å². The molecule has 0 spiro atoms. The van der Waals surface area contributed by atoms with Gasteiger partial charge in [-0.05, 0) is 18.1 Å². The SMILES string of the molecule is OCCC(CO)c1ccccc1O. The molecule has 0 saturated carbocycles. The summed E-state index contributed by atoms with van der Waals surface area (Å²) in [7, 11) is 0. The molecule has 13 heavy (non-hydrogen) atoms. The summed E-state index contributed by atoms with van der Waals surface area (Å²) in [5, 5.41) is 27.2. The second-order valence-electron chi connectivity index (χ2n) is 2.95. The largest absolute Gasteiger partial charge is 0.508 e. The third-order valence-electron chi connectivity index (χ3n) is 2.07. The fourth-order valence-electron chi connectivity index (χ4n) is 1.33. The maximum atomic E-state index is 9.45. The van der Waals surface area contributed by atoms with Crippen LogP contribution in [0.3, 0.4) is 0 Å². The van der Waals surface area contributed by atoms with Gasteiger partial charge >= 0.3 is 0 Å². The predicted octanol–water partition coefficient (Wildman–Crippen LogP) is 0.851. The topological polar surface area (TPSA) is 60.7 Å². The van der Waals surface area contributed by atoms with Crippen LogP contribution in [0.25, 0.3) is 0 Å². The standard InChI is InChI=1S/C10H14O3/c11-6-5-8(7-12)9-3-1-2-4-10(9)13/h1-4,8,11-13H,5-7H2. The van der Waals surface area contributed by atoms with E-state index in [0.29, 0.717) is 12.0 Å². The van der Waals surface area contributed by atoms with Crippen molar-refractivity contribution >= 4 is 0 Å². The highest BCUT2D eigenvalue weighted by Crippen LogP contribution is 2.26. The van der Waals surface area contributed by atoms with Crippen LogP contribution >= 0.6 is 0 Å². The van der Waals surface area contributed by atoms with Crippen molar-refractivity contribution in [3.63, 3.8) is 0 Å². The van der Waals surface area contributed by atoms with Crippen molar-refractivity contribution in [1.82, 2.24) is 0 Å². The first-order valence-electron chi connectivity index (χ1n) is 4.29. The van der Waals surface area contributed by atoms with E-state index in [1.807, 2.05) is 0 Å². The minimum absolute atomic E-state index is 0.0135. The molecule has 1 aromatic rings. The number of phenolic OH excluding ortho intramolecular Hbond substituents is 1. The smallest absolute Gasteiger partial charge is 0.119 e. The van der Waals surface area contributed by atoms with E-state index in [2.05, 4.69) is 0 Å². The number of phenols is 1. The number of benzene rings is 1. The second-order valence-corrected chi connectivity index (χ2v) is 2.95. The maximum Gasteiger partial charge on any atom is 0.119 e. The number of aliphatic hydroxyl groups is 2. The number of aromatic hydroxyl groups is 1. The van der Waals surface area contributed by atoms with Crippen LogP contribution in [0.2, 0.25) is 0 Å². The zero-order valence-corrected chi connectivity index (χ0v) is 7.35. The normalized spacial score (nSPS) is 12.8. The van der Waals surface area contributed by atoms with Gasteiger partial charge < -0.3 is 15.3 Å². The van der Waals surface area contributed by atoms with Crippen molar-refractivity contribution < 1.29 is 15.3 Å². The Hall–Kier alpha value is -1.06. The molecule has 0 amide bonds. The molecule has 0 radical (unpaired) electrons. The zero-order chi connectivity index (χ0) is 9.68. The van der Waals surface area contributed by atoms with Gasteiger partial charge in [-0.1, -0.05) is 18.2 Å². The fourth-order valence-corrected chi connectivity index (χ4v) is 1.33. The molecule has 3 N–H and O–H groups in total. The second kappa shape index (κ2) is 4.84. The fraction of sp³-hybridized carbons (Fsp3) is 0.400. The van der Waals surface area contributed by atoms with Crippen LogP contribution in [0.5, 0.6) is 5.75 Å². The quantitative estimate of drug-likeness (QED) is 0.647. The summed E-state index contributed by atoms with van der Waals surface area (Å²) in [5.41, 5.74) is 0.694. The van der Waals surface area contributed by atoms with E-state index in [9.17, 15) is 5.11 Å². The lowest BCUT2D eigenvalue weighted by molar-refractivity contribution is 0.218. The Kier molecular flexibility index (Phi) is 3.73. The van der Waals surface area contributed by atoms with Crippen LogP contribution in [-0.2, 0) is 0 Å². The molecule has 0 aliphatic heterocycles. The number of para-hydroxylation sites is 1. The molecule has 72 valence electrons. The first-order chi connectivity index (χ1) is 6.29. The molecule has 1 aromatic carbocycles. The summed E-state index contributed by atoms with van der Waals surface area (Å²) < 4.78 is 0. The van der Waals surface area contributed by atoms with E-state index < -0.39 is 0 Å². The summed E-state index contributed by atoms with van der Waals surface area (Å²) >= 11 is 0. The minimum Gasteiger partial charge on any atom is -0.508 e. The third kappa shape index (κ3) is 2.44. The zero-order valence-electron chi connectivity index (χ0n) is 7.35. The Morgan fingerprint density at radius 3 is 2.38 bits per heavy atom. The minimum atomic E-state index is -0.175. The van der Waals surface area contributed by atoms with E-state index >= 15 is 0 Å². The first-order valence-corrected chi connectivity index (χ1v) is 4.29. The van der Waals surface area contributed by atoms with Crippen LogP contribution in [0.15, 0.2) is 24.3 Å². The van der Waals surface area contributed by atoms with Crippen LogP contribution < -0.4 is 0 Å². The van der Waals surface area contributed by atoms with Crippen molar-refractivity contribution in [1.29, 1.82) is 0 Å². The van der Waals surface area contributed by atoms with Crippen molar-refractivity contribution in [3.8, 4) is 5.75 Å². The van der Waals surface area contributed by atoms with Crippen molar-refractivity contribution in [2.75, 3.05) is 13.2 Å². The van der Waals surface area contributed by atoms with Gasteiger partial charge in [0.2, 0.25) is 0 Å². The van der Waals surface area contributed by atoms with Gasteiger partial charge in [0.05, 0.1) is 6.61 Å². The molecule has 0 saturated heterocycles. The molecule has 0 fully saturated rings. The highest BCUT2D eigenvalue weighted by molar-refractivity contribution is 5.34. The number of aliphatic hydroxyl groups excluding tert-OH is 2. The third-order valence-corrected chi connectivity index (χ3v) is 2.07. The summed E-state index contributed by atoms with van der Waals surface area (Å²) in [5.74, 6) is 0.00111. The van der Waals surface area contributed by atoms with E-state index in [0.717, 1.165) is 0 Å². The lowest BCUT2D eigenvalue weighted by atomic mass is 9.96. The average Bonchev–Trinajstić information content (AvgIpc) is 2.16. The van der Waals surface area contributed by atoms with Crippen molar-refractivity contribution in [3.05, 3.63) is 29.8 Å². The van der Waals surface area contributed by atoms with Crippen LogP contribution in [-0.4, -0.2) is 28.5 Å². The van der Waals surface area contributed by atoms with Crippen LogP contribution in [0, 0.1) is 0 Å².